The van der Waals surface area contributed by atoms with Crippen LogP contribution in [-0.4, -0.2) is 13.2 Å². The molecule has 0 radical (unpaired) electrons. The summed E-state index contributed by atoms with van der Waals surface area (Å²) in [6.07, 6.45) is 0. The van der Waals surface area contributed by atoms with Crippen LogP contribution >= 0.6 is 0 Å². The summed E-state index contributed by atoms with van der Waals surface area (Å²) < 4.78 is 3.81. The molecular weight excluding hydrogens is 276 g/mol. The molecule has 0 bridgehead atoms. The van der Waals surface area contributed by atoms with Gasteiger partial charge >= 0.3 is 42.7 Å². The van der Waals surface area contributed by atoms with E-state index >= 15 is 0 Å². The molecule has 0 heterocycles. The van der Waals surface area contributed by atoms with Gasteiger partial charge in [-0.25, -0.2) is 0 Å². The van der Waals surface area contributed by atoms with Crippen LogP contribution in [0.15, 0.2) is 0 Å². The van der Waals surface area contributed by atoms with Crippen LogP contribution in [0, 0.1) is 0 Å². The molecule has 0 atom stereocenters. The molecule has 39 valence electrons. The molecule has 0 spiro atoms. The first-order valence-electron chi connectivity index (χ1n) is 1.11. The predicted molar refractivity (Wildman–Crippen MR) is 17.1 cm³/mol. The molecule has 0 aliphatic carbocycles. The summed E-state index contributed by atoms with van der Waals surface area (Å²) in [7, 11) is 0. The van der Waals surface area contributed by atoms with E-state index in [0.29, 0.717) is 0 Å². The third kappa shape index (κ3) is 2.13. The molecule has 0 aromatic carbocycles. The third-order valence-electron chi connectivity index (χ3n) is 0.204. The van der Waals surface area contributed by atoms with Gasteiger partial charge in [-0.15, -0.1) is 0 Å². The van der Waals surface area contributed by atoms with Gasteiger partial charge in [0.15, 0.2) is 0 Å². The zero-order valence-electron chi connectivity index (χ0n) is 3.06. The summed E-state index contributed by atoms with van der Waals surface area (Å²) in [5.74, 6) is 0. The Morgan fingerprint density at radius 2 is 1.14 bits per heavy atom. The van der Waals surface area contributed by atoms with Crippen molar-refractivity contribution in [2.45, 2.75) is 0 Å². The van der Waals surface area contributed by atoms with Gasteiger partial charge in [-0.05, 0) is 0 Å². The maximum atomic E-state index is 9.39. The molecule has 0 aromatic rings. The molecule has 0 aliphatic rings. The molecule has 4 heteroatoms. The van der Waals surface area contributed by atoms with Crippen LogP contribution in [0.5, 0.6) is 0 Å². The molecule has 0 saturated carbocycles. The number of rotatable bonds is 0. The topological polar surface area (TPSA) is 51.2 Å². The van der Waals surface area contributed by atoms with Gasteiger partial charge < -0.3 is 0 Å². The second kappa shape index (κ2) is 3.57. The molecular formula is C3IrO3. The van der Waals surface area contributed by atoms with Crippen molar-refractivity contribution in [3.05, 3.63) is 0 Å². The fraction of sp³-hybridized carbons (Fsp3) is 0. The van der Waals surface area contributed by atoms with Crippen LogP contribution in [0.1, 0.15) is 0 Å². The third-order valence-corrected chi connectivity index (χ3v) is 1.67. The normalized spacial score (nSPS) is 6.43. The van der Waals surface area contributed by atoms with E-state index in [0.717, 1.165) is 0 Å². The Hall–Kier alpha value is -0.611. The second-order valence-electron chi connectivity index (χ2n) is 0.454. The van der Waals surface area contributed by atoms with Crippen molar-refractivity contribution in [1.29, 1.82) is 0 Å². The van der Waals surface area contributed by atoms with Gasteiger partial charge in [-0.3, -0.25) is 0 Å². The second-order valence-corrected chi connectivity index (χ2v) is 3.72. The van der Waals surface area contributed by atoms with Gasteiger partial charge in [0.2, 0.25) is 0 Å². The molecule has 0 saturated heterocycles. The molecule has 0 amide bonds. The molecule has 0 fully saturated rings. The molecule has 0 aromatic heterocycles. The van der Waals surface area contributed by atoms with Crippen molar-refractivity contribution in [2.24, 2.45) is 0 Å². The summed E-state index contributed by atoms with van der Waals surface area (Å²) in [6.45, 7) is 0. The predicted octanol–water partition coefficient (Wildman–Crippen LogP) is -1.19. The Morgan fingerprint density at radius 3 is 1.14 bits per heavy atom. The van der Waals surface area contributed by atoms with E-state index in [1.54, 1.807) is 0 Å². The molecule has 0 aliphatic heterocycles. The fourth-order valence-corrected chi connectivity index (χ4v) is 0.341. The van der Waals surface area contributed by atoms with Gasteiger partial charge in [0.1, 0.15) is 0 Å². The number of hydrogen-bond acceptors (Lipinski definition) is 3. The van der Waals surface area contributed by atoms with Crippen LogP contribution in [0.4, 0.5) is 0 Å². The van der Waals surface area contributed by atoms with Crippen molar-refractivity contribution in [2.75, 3.05) is 0 Å². The van der Waals surface area contributed by atoms with E-state index in [1.165, 1.54) is 13.2 Å². The molecule has 0 unspecified atom stereocenters. The minimum absolute atomic E-state index is 1.27. The van der Waals surface area contributed by atoms with Crippen molar-refractivity contribution in [3.63, 3.8) is 0 Å². The van der Waals surface area contributed by atoms with Gasteiger partial charge in [0, 0.05) is 0 Å². The summed E-state index contributed by atoms with van der Waals surface area (Å²) in [6, 6.07) is 0. The molecule has 3 nitrogen and oxygen atoms in total. The van der Waals surface area contributed by atoms with E-state index in [-0.39, 0.29) is 0 Å². The molecule has 0 rings (SSSR count). The first-order valence-corrected chi connectivity index (χ1v) is 4.71. The van der Waals surface area contributed by atoms with Crippen LogP contribution in [0.3, 0.4) is 0 Å². The van der Waals surface area contributed by atoms with Crippen LogP contribution in [0.25, 0.3) is 0 Å². The average molecular weight is 276 g/mol. The molecule has 0 N–H and O–H groups in total. The van der Waals surface area contributed by atoms with E-state index in [2.05, 4.69) is 0 Å². The summed E-state index contributed by atoms with van der Waals surface area (Å²) in [5, 5.41) is 0. The quantitative estimate of drug-likeness (QED) is 0.559. The van der Waals surface area contributed by atoms with Crippen LogP contribution in [-0.2, 0) is 29.5 Å². The Labute approximate surface area is 43.3 Å². The van der Waals surface area contributed by atoms with Gasteiger partial charge in [0.25, 0.3) is 0 Å². The van der Waals surface area contributed by atoms with E-state index in [4.69, 9.17) is 0 Å². The van der Waals surface area contributed by atoms with E-state index in [9.17, 15) is 14.4 Å². The van der Waals surface area contributed by atoms with Gasteiger partial charge in [0.05, 0.1) is 0 Å². The average Bonchev–Trinajstić information content (AvgIpc) is 1.72. The van der Waals surface area contributed by atoms with Crippen molar-refractivity contribution < 1.29 is 29.5 Å². The number of hydrogen-bond donors (Lipinski definition) is 0. The monoisotopic (exact) mass is 277 g/mol. The summed E-state index contributed by atoms with van der Waals surface area (Å²) in [5.41, 5.74) is 0. The van der Waals surface area contributed by atoms with Gasteiger partial charge in [-0.1, -0.05) is 0 Å². The first-order chi connectivity index (χ1) is 3.35. The SMILES string of the molecule is O=[C]=[Ir](=[C]=O)=[C]=O. The van der Waals surface area contributed by atoms with E-state index < -0.39 is 15.1 Å². The fourth-order valence-electron chi connectivity index (χ4n) is 0.0417. The van der Waals surface area contributed by atoms with Crippen molar-refractivity contribution in [3.8, 4) is 0 Å². The van der Waals surface area contributed by atoms with Crippen molar-refractivity contribution >= 4 is 13.2 Å². The van der Waals surface area contributed by atoms with E-state index in [1.807, 2.05) is 0 Å². The summed E-state index contributed by atoms with van der Waals surface area (Å²) >= 11 is -2.82. The number of carbonyl (C=O) groups excluding carboxylic acids is 3. The van der Waals surface area contributed by atoms with Crippen LogP contribution < -0.4 is 0 Å². The van der Waals surface area contributed by atoms with Crippen molar-refractivity contribution in [1.82, 2.24) is 0 Å². The Bertz CT molecular complexity index is 209. The molecule has 7 heavy (non-hydrogen) atoms. The zero-order chi connectivity index (χ0) is 5.70. The Kier molecular flexibility index (Phi) is 3.26. The first kappa shape index (κ1) is 6.39. The van der Waals surface area contributed by atoms with Gasteiger partial charge in [-0.2, -0.15) is 0 Å². The minimum atomic E-state index is -2.82. The zero-order valence-corrected chi connectivity index (χ0v) is 5.45. The maximum absolute atomic E-state index is 9.39. The Balaban J connectivity index is 5.98. The van der Waals surface area contributed by atoms with Crippen LogP contribution in [0.2, 0.25) is 0 Å². The summed E-state index contributed by atoms with van der Waals surface area (Å²) in [4.78, 5) is 28.2. The Morgan fingerprint density at radius 1 is 0.857 bits per heavy atom. The standard InChI is InChI=1S/3CO.Ir/c3*1-2;.